The first kappa shape index (κ1) is 14.2. The van der Waals surface area contributed by atoms with Crippen LogP contribution in [0.2, 0.25) is 0 Å². The number of fused-ring (bicyclic) bond motifs is 3. The van der Waals surface area contributed by atoms with E-state index in [1.54, 1.807) is 5.56 Å². The largest absolute Gasteiger partial charge is 0.370 e. The molecule has 2 aromatic carbocycles. The summed E-state index contributed by atoms with van der Waals surface area (Å²) in [6.07, 6.45) is 1.27. The third-order valence-electron chi connectivity index (χ3n) is 5.03. The van der Waals surface area contributed by atoms with E-state index in [1.807, 2.05) is 11.8 Å². The van der Waals surface area contributed by atoms with Crippen molar-refractivity contribution >= 4 is 17.4 Å². The fourth-order valence-corrected chi connectivity index (χ4v) is 5.00. The van der Waals surface area contributed by atoms with Crippen LogP contribution in [0, 0.1) is 0 Å². The molecule has 0 aliphatic carbocycles. The van der Waals surface area contributed by atoms with Crippen LogP contribution in [0.4, 0.5) is 5.69 Å². The summed E-state index contributed by atoms with van der Waals surface area (Å²) in [4.78, 5) is 7.72. The van der Waals surface area contributed by atoms with E-state index in [0.29, 0.717) is 12.0 Å². The van der Waals surface area contributed by atoms with Crippen molar-refractivity contribution in [3.05, 3.63) is 54.1 Å². The van der Waals surface area contributed by atoms with Crippen molar-refractivity contribution in [3.8, 4) is 0 Å². The third-order valence-corrected chi connectivity index (χ3v) is 6.09. The number of likely N-dealkylation sites (N-methyl/N-ethyl adjacent to an activating group) is 2. The minimum atomic E-state index is 0.662. The molecule has 114 valence electrons. The van der Waals surface area contributed by atoms with Gasteiger partial charge in [0, 0.05) is 35.3 Å². The van der Waals surface area contributed by atoms with Crippen LogP contribution in [0.5, 0.6) is 0 Å². The monoisotopic (exact) mass is 310 g/mol. The molecule has 2 aromatic rings. The summed E-state index contributed by atoms with van der Waals surface area (Å²) in [5.41, 5.74) is 3.00. The molecule has 0 N–H and O–H groups in total. The van der Waals surface area contributed by atoms with Gasteiger partial charge < -0.3 is 9.80 Å². The van der Waals surface area contributed by atoms with Gasteiger partial charge in [-0.2, -0.15) is 0 Å². The molecule has 4 rings (SSSR count). The molecule has 2 aliphatic heterocycles. The highest BCUT2D eigenvalue weighted by molar-refractivity contribution is 7.99. The number of rotatable bonds is 2. The zero-order chi connectivity index (χ0) is 15.1. The van der Waals surface area contributed by atoms with Crippen molar-refractivity contribution in [1.29, 1.82) is 0 Å². The summed E-state index contributed by atoms with van der Waals surface area (Å²) < 4.78 is 0. The standard InChI is InChI=1S/C19H22N2S/c1-20-12-11-17-16(13-20)15-9-6-10-18(19(15)21(17)2)22-14-7-4-3-5-8-14/h3-10,16-17H,11-13H2,1-2H3/t16-,17+/m0/s1. The van der Waals surface area contributed by atoms with Gasteiger partial charge in [0.15, 0.2) is 0 Å². The Balaban J connectivity index is 1.72. The van der Waals surface area contributed by atoms with Gasteiger partial charge in [-0.15, -0.1) is 0 Å². The first-order valence-corrected chi connectivity index (χ1v) is 8.83. The fourth-order valence-electron chi connectivity index (χ4n) is 3.95. The Labute approximate surface area is 137 Å². The first-order valence-electron chi connectivity index (χ1n) is 8.01. The Morgan fingerprint density at radius 3 is 2.64 bits per heavy atom. The molecule has 0 radical (unpaired) electrons. The van der Waals surface area contributed by atoms with Gasteiger partial charge in [-0.1, -0.05) is 42.1 Å². The van der Waals surface area contributed by atoms with Crippen molar-refractivity contribution in [2.45, 2.75) is 28.2 Å². The number of para-hydroxylation sites is 1. The molecule has 0 aromatic heterocycles. The van der Waals surface area contributed by atoms with Crippen molar-refractivity contribution in [2.75, 3.05) is 32.1 Å². The summed E-state index contributed by atoms with van der Waals surface area (Å²) in [6.45, 7) is 2.39. The number of hydrogen-bond acceptors (Lipinski definition) is 3. The molecule has 22 heavy (non-hydrogen) atoms. The lowest BCUT2D eigenvalue weighted by Gasteiger charge is -2.35. The highest BCUT2D eigenvalue weighted by Crippen LogP contribution is 2.48. The summed E-state index contributed by atoms with van der Waals surface area (Å²) in [5.74, 6) is 0.662. The van der Waals surface area contributed by atoms with E-state index in [1.165, 1.54) is 35.0 Å². The molecule has 0 saturated carbocycles. The van der Waals surface area contributed by atoms with Crippen molar-refractivity contribution < 1.29 is 0 Å². The second-order valence-corrected chi connectivity index (χ2v) is 7.56. The van der Waals surface area contributed by atoms with Crippen LogP contribution in [0.15, 0.2) is 58.3 Å². The number of piperidine rings is 1. The topological polar surface area (TPSA) is 6.48 Å². The van der Waals surface area contributed by atoms with Crippen molar-refractivity contribution in [2.24, 2.45) is 0 Å². The molecular formula is C19H22N2S. The minimum absolute atomic E-state index is 0.662. The average Bonchev–Trinajstić information content (AvgIpc) is 2.82. The van der Waals surface area contributed by atoms with Crippen LogP contribution >= 0.6 is 11.8 Å². The van der Waals surface area contributed by atoms with Crippen LogP contribution in [-0.2, 0) is 0 Å². The van der Waals surface area contributed by atoms with E-state index in [4.69, 9.17) is 0 Å². The molecule has 2 nitrogen and oxygen atoms in total. The number of nitrogens with zero attached hydrogens (tertiary/aromatic N) is 2. The fraction of sp³-hybridized carbons (Fsp3) is 0.368. The van der Waals surface area contributed by atoms with Crippen molar-refractivity contribution in [3.63, 3.8) is 0 Å². The first-order chi connectivity index (χ1) is 10.7. The van der Waals surface area contributed by atoms with Crippen LogP contribution in [-0.4, -0.2) is 38.1 Å². The van der Waals surface area contributed by atoms with E-state index in [9.17, 15) is 0 Å². The van der Waals surface area contributed by atoms with Gasteiger partial charge in [0.1, 0.15) is 0 Å². The highest BCUT2D eigenvalue weighted by atomic mass is 32.2. The lowest BCUT2D eigenvalue weighted by Crippen LogP contribution is -2.43. The molecular weight excluding hydrogens is 288 g/mol. The Kier molecular flexibility index (Phi) is 3.63. The van der Waals surface area contributed by atoms with Crippen molar-refractivity contribution in [1.82, 2.24) is 4.90 Å². The van der Waals surface area contributed by atoms with E-state index in [0.717, 1.165) is 0 Å². The lowest BCUT2D eigenvalue weighted by molar-refractivity contribution is 0.234. The number of anilines is 1. The number of likely N-dealkylation sites (tertiary alicyclic amines) is 1. The third kappa shape index (κ3) is 2.33. The second-order valence-electron chi connectivity index (χ2n) is 6.44. The Bertz CT molecular complexity index is 670. The van der Waals surface area contributed by atoms with Crippen LogP contribution in [0.25, 0.3) is 0 Å². The van der Waals surface area contributed by atoms with E-state index < -0.39 is 0 Å². The van der Waals surface area contributed by atoms with Gasteiger partial charge in [-0.25, -0.2) is 0 Å². The number of benzene rings is 2. The predicted octanol–water partition coefficient (Wildman–Crippen LogP) is 4.08. The van der Waals surface area contributed by atoms with Crippen LogP contribution < -0.4 is 4.90 Å². The SMILES string of the molecule is CN1CC[C@@H]2[C@@H](C1)c1cccc(Sc3ccccc3)c1N2C. The molecule has 1 saturated heterocycles. The summed E-state index contributed by atoms with van der Waals surface area (Å²) >= 11 is 1.89. The Morgan fingerprint density at radius 2 is 1.82 bits per heavy atom. The van der Waals surface area contributed by atoms with Crippen LogP contribution in [0.1, 0.15) is 17.9 Å². The number of hydrogen-bond donors (Lipinski definition) is 0. The quantitative estimate of drug-likeness (QED) is 0.825. The summed E-state index contributed by atoms with van der Waals surface area (Å²) in [6, 6.07) is 18.2. The van der Waals surface area contributed by atoms with E-state index >= 15 is 0 Å². The molecule has 0 amide bonds. The molecule has 3 heteroatoms. The molecule has 0 spiro atoms. The minimum Gasteiger partial charge on any atom is -0.370 e. The Morgan fingerprint density at radius 1 is 1.00 bits per heavy atom. The predicted molar refractivity (Wildman–Crippen MR) is 94.1 cm³/mol. The molecule has 0 unspecified atom stereocenters. The second kappa shape index (κ2) is 5.64. The molecule has 2 atom stereocenters. The molecule has 2 aliphatic rings. The molecule has 1 fully saturated rings. The van der Waals surface area contributed by atoms with Gasteiger partial charge in [0.25, 0.3) is 0 Å². The van der Waals surface area contributed by atoms with Gasteiger partial charge in [0.2, 0.25) is 0 Å². The van der Waals surface area contributed by atoms with E-state index in [2.05, 4.69) is 72.4 Å². The van der Waals surface area contributed by atoms with Gasteiger partial charge in [0.05, 0.1) is 5.69 Å². The smallest absolute Gasteiger partial charge is 0.0544 e. The van der Waals surface area contributed by atoms with Gasteiger partial charge in [-0.05, 0) is 43.8 Å². The average molecular weight is 310 g/mol. The van der Waals surface area contributed by atoms with E-state index in [-0.39, 0.29) is 0 Å². The Hall–Kier alpha value is -1.45. The highest BCUT2D eigenvalue weighted by Gasteiger charge is 2.40. The maximum absolute atomic E-state index is 2.54. The lowest BCUT2D eigenvalue weighted by atomic mass is 9.89. The maximum atomic E-state index is 2.54. The normalized spacial score (nSPS) is 24.2. The van der Waals surface area contributed by atoms with Gasteiger partial charge >= 0.3 is 0 Å². The summed E-state index contributed by atoms with van der Waals surface area (Å²) in [7, 11) is 4.53. The molecule has 2 heterocycles. The zero-order valence-corrected chi connectivity index (χ0v) is 14.0. The zero-order valence-electron chi connectivity index (χ0n) is 13.2. The molecule has 0 bridgehead atoms. The summed E-state index contributed by atoms with van der Waals surface area (Å²) in [5, 5.41) is 0. The van der Waals surface area contributed by atoms with Gasteiger partial charge in [-0.3, -0.25) is 0 Å². The maximum Gasteiger partial charge on any atom is 0.0544 e. The van der Waals surface area contributed by atoms with Crippen LogP contribution in [0.3, 0.4) is 0 Å².